The molecule has 0 saturated heterocycles. The monoisotopic (exact) mass is 195 g/mol. The molecule has 0 radical (unpaired) electrons. The first-order valence-corrected chi connectivity index (χ1v) is 4.62. The molecule has 3 heteroatoms. The Kier molecular flexibility index (Phi) is 3.63. The minimum Gasteiger partial charge on any atom is -0.367 e. The van der Waals surface area contributed by atoms with Crippen LogP contribution >= 0.6 is 0 Å². The molecule has 0 heterocycles. The maximum Gasteiger partial charge on any atom is 0.151 e. The number of carbonyl (C=O) groups is 1. The molecule has 0 amide bonds. The van der Waals surface area contributed by atoms with Crippen molar-refractivity contribution >= 4 is 11.5 Å². The third-order valence-electron chi connectivity index (χ3n) is 2.08. The lowest BCUT2D eigenvalue weighted by Crippen LogP contribution is -2.24. The van der Waals surface area contributed by atoms with E-state index >= 15 is 0 Å². The van der Waals surface area contributed by atoms with Crippen LogP contribution in [-0.2, 0) is 4.79 Å². The van der Waals surface area contributed by atoms with Crippen LogP contribution in [0.2, 0.25) is 0 Å². The predicted octanol–water partition coefficient (Wildman–Crippen LogP) is 2.24. The molecule has 0 aromatic heterocycles. The van der Waals surface area contributed by atoms with Gasteiger partial charge in [-0.25, -0.2) is 4.39 Å². The topological polar surface area (TPSA) is 20.3 Å². The number of hydrogen-bond acceptors (Lipinski definition) is 2. The van der Waals surface area contributed by atoms with Crippen LogP contribution in [0.4, 0.5) is 10.1 Å². The molecule has 0 N–H and O–H groups in total. The summed E-state index contributed by atoms with van der Waals surface area (Å²) in [7, 11) is 1.82. The molecule has 0 aliphatic rings. The quantitative estimate of drug-likeness (QED) is 0.734. The molecule has 0 fully saturated rings. The zero-order valence-electron chi connectivity index (χ0n) is 8.46. The van der Waals surface area contributed by atoms with E-state index in [2.05, 4.69) is 0 Å². The summed E-state index contributed by atoms with van der Waals surface area (Å²) in [5, 5.41) is 0. The van der Waals surface area contributed by atoms with Gasteiger partial charge in [0.25, 0.3) is 0 Å². The zero-order valence-corrected chi connectivity index (χ0v) is 8.46. The summed E-state index contributed by atoms with van der Waals surface area (Å²) in [5.41, 5.74) is 0.855. The number of halogens is 1. The first-order valence-electron chi connectivity index (χ1n) is 4.62. The van der Waals surface area contributed by atoms with Gasteiger partial charge in [-0.1, -0.05) is 6.92 Å². The highest BCUT2D eigenvalue weighted by atomic mass is 19.1. The normalized spacial score (nSPS) is 9.93. The third kappa shape index (κ3) is 2.83. The Bertz CT molecular complexity index is 308. The zero-order chi connectivity index (χ0) is 10.6. The van der Waals surface area contributed by atoms with E-state index in [1.54, 1.807) is 12.1 Å². The molecule has 0 aliphatic heterocycles. The number of rotatable bonds is 4. The van der Waals surface area contributed by atoms with Crippen LogP contribution in [0, 0.1) is 5.82 Å². The SMILES string of the molecule is CCC(=O)CN(C)c1ccc(F)cc1. The summed E-state index contributed by atoms with van der Waals surface area (Å²) in [6.07, 6.45) is 0.533. The van der Waals surface area contributed by atoms with Crippen LogP contribution in [0.1, 0.15) is 13.3 Å². The first-order chi connectivity index (χ1) is 6.63. The van der Waals surface area contributed by atoms with E-state index in [1.807, 2.05) is 18.9 Å². The number of likely N-dealkylation sites (N-methyl/N-ethyl adjacent to an activating group) is 1. The van der Waals surface area contributed by atoms with Crippen molar-refractivity contribution < 1.29 is 9.18 Å². The van der Waals surface area contributed by atoms with Crippen molar-refractivity contribution in [2.24, 2.45) is 0 Å². The lowest BCUT2D eigenvalue weighted by Gasteiger charge is -2.17. The van der Waals surface area contributed by atoms with Gasteiger partial charge in [-0.15, -0.1) is 0 Å². The maximum absolute atomic E-state index is 12.6. The standard InChI is InChI=1S/C11H14FNO/c1-3-11(14)8-13(2)10-6-4-9(12)5-7-10/h4-7H,3,8H2,1-2H3. The average molecular weight is 195 g/mol. The number of carbonyl (C=O) groups excluding carboxylic acids is 1. The van der Waals surface area contributed by atoms with Gasteiger partial charge in [-0.2, -0.15) is 0 Å². The second kappa shape index (κ2) is 4.74. The summed E-state index contributed by atoms with van der Waals surface area (Å²) in [6, 6.07) is 6.11. The molecular weight excluding hydrogens is 181 g/mol. The minimum absolute atomic E-state index is 0.178. The van der Waals surface area contributed by atoms with Gasteiger partial charge >= 0.3 is 0 Å². The summed E-state index contributed by atoms with van der Waals surface area (Å²) >= 11 is 0. The van der Waals surface area contributed by atoms with Gasteiger partial charge in [-0.3, -0.25) is 4.79 Å². The molecule has 1 aromatic rings. The molecule has 0 saturated carbocycles. The van der Waals surface area contributed by atoms with Crippen molar-refractivity contribution in [3.63, 3.8) is 0 Å². The van der Waals surface area contributed by atoms with Gasteiger partial charge in [-0.05, 0) is 24.3 Å². The molecule has 0 bridgehead atoms. The fourth-order valence-electron chi connectivity index (χ4n) is 1.16. The van der Waals surface area contributed by atoms with Crippen LogP contribution in [0.15, 0.2) is 24.3 Å². The van der Waals surface area contributed by atoms with Crippen molar-refractivity contribution in [3.05, 3.63) is 30.1 Å². The van der Waals surface area contributed by atoms with Crippen LogP contribution < -0.4 is 4.90 Å². The molecule has 0 unspecified atom stereocenters. The number of Topliss-reactive ketones (excluding diaryl/α,β-unsaturated/α-hetero) is 1. The fourth-order valence-corrected chi connectivity index (χ4v) is 1.16. The lowest BCUT2D eigenvalue weighted by atomic mass is 10.2. The van der Waals surface area contributed by atoms with Gasteiger partial charge < -0.3 is 4.90 Å². The summed E-state index contributed by atoms with van der Waals surface area (Å²) in [4.78, 5) is 13.0. The van der Waals surface area contributed by atoms with Crippen LogP contribution in [0.3, 0.4) is 0 Å². The average Bonchev–Trinajstić information content (AvgIpc) is 2.18. The highest BCUT2D eigenvalue weighted by Crippen LogP contribution is 2.12. The van der Waals surface area contributed by atoms with E-state index in [4.69, 9.17) is 0 Å². The summed E-state index contributed by atoms with van der Waals surface area (Å²) in [6.45, 7) is 2.21. The Morgan fingerprint density at radius 3 is 2.43 bits per heavy atom. The molecule has 2 nitrogen and oxygen atoms in total. The number of benzene rings is 1. The number of ketones is 1. The van der Waals surface area contributed by atoms with Gasteiger partial charge in [0.15, 0.2) is 5.78 Å². The van der Waals surface area contributed by atoms with Crippen LogP contribution in [-0.4, -0.2) is 19.4 Å². The Balaban J connectivity index is 2.65. The van der Waals surface area contributed by atoms with Crippen molar-refractivity contribution in [2.75, 3.05) is 18.5 Å². The molecule has 0 aliphatic carbocycles. The first kappa shape index (κ1) is 10.7. The number of anilines is 1. The van der Waals surface area contributed by atoms with E-state index in [1.165, 1.54) is 12.1 Å². The van der Waals surface area contributed by atoms with E-state index in [-0.39, 0.29) is 11.6 Å². The van der Waals surface area contributed by atoms with Crippen LogP contribution in [0.5, 0.6) is 0 Å². The highest BCUT2D eigenvalue weighted by Gasteiger charge is 2.05. The van der Waals surface area contributed by atoms with Crippen molar-refractivity contribution in [1.29, 1.82) is 0 Å². The highest BCUT2D eigenvalue weighted by molar-refractivity contribution is 5.83. The van der Waals surface area contributed by atoms with Gasteiger partial charge in [0.05, 0.1) is 6.54 Å². The Morgan fingerprint density at radius 1 is 1.36 bits per heavy atom. The minimum atomic E-state index is -0.260. The van der Waals surface area contributed by atoms with Crippen LogP contribution in [0.25, 0.3) is 0 Å². The summed E-state index contributed by atoms with van der Waals surface area (Å²) < 4.78 is 12.6. The smallest absolute Gasteiger partial charge is 0.151 e. The second-order valence-electron chi connectivity index (χ2n) is 3.22. The molecule has 0 spiro atoms. The van der Waals surface area contributed by atoms with Crippen molar-refractivity contribution in [1.82, 2.24) is 0 Å². The molecule has 14 heavy (non-hydrogen) atoms. The third-order valence-corrected chi connectivity index (χ3v) is 2.08. The number of nitrogens with zero attached hydrogens (tertiary/aromatic N) is 1. The van der Waals surface area contributed by atoms with E-state index in [0.29, 0.717) is 13.0 Å². The maximum atomic E-state index is 12.6. The van der Waals surface area contributed by atoms with E-state index in [0.717, 1.165) is 5.69 Å². The molecule has 1 aromatic carbocycles. The lowest BCUT2D eigenvalue weighted by molar-refractivity contribution is -0.117. The van der Waals surface area contributed by atoms with E-state index in [9.17, 15) is 9.18 Å². The Labute approximate surface area is 83.3 Å². The Hall–Kier alpha value is -1.38. The van der Waals surface area contributed by atoms with Crippen molar-refractivity contribution in [2.45, 2.75) is 13.3 Å². The molecule has 1 rings (SSSR count). The van der Waals surface area contributed by atoms with Gasteiger partial charge in [0, 0.05) is 19.2 Å². The molecule has 0 atom stereocenters. The molecule has 76 valence electrons. The molecular formula is C11H14FNO. The largest absolute Gasteiger partial charge is 0.367 e. The Morgan fingerprint density at radius 2 is 1.93 bits per heavy atom. The van der Waals surface area contributed by atoms with Gasteiger partial charge in [0.2, 0.25) is 0 Å². The van der Waals surface area contributed by atoms with E-state index < -0.39 is 0 Å². The number of hydrogen-bond donors (Lipinski definition) is 0. The predicted molar refractivity (Wildman–Crippen MR) is 55.0 cm³/mol. The fraction of sp³-hybridized carbons (Fsp3) is 0.364. The second-order valence-corrected chi connectivity index (χ2v) is 3.22. The van der Waals surface area contributed by atoms with Gasteiger partial charge in [0.1, 0.15) is 5.82 Å². The van der Waals surface area contributed by atoms with Crippen molar-refractivity contribution in [3.8, 4) is 0 Å². The summed E-state index contributed by atoms with van der Waals surface area (Å²) in [5.74, 6) is -0.0826.